The third-order valence-electron chi connectivity index (χ3n) is 6.03. The summed E-state index contributed by atoms with van der Waals surface area (Å²) in [4.78, 5) is 10.2. The van der Waals surface area contributed by atoms with Crippen LogP contribution in [0.1, 0.15) is 11.1 Å². The Morgan fingerprint density at radius 1 is 0.500 bits per heavy atom. The number of imidazole rings is 2. The summed E-state index contributed by atoms with van der Waals surface area (Å²) in [6.07, 6.45) is 0. The van der Waals surface area contributed by atoms with Crippen LogP contribution in [0.4, 0.5) is 0 Å². The third kappa shape index (κ3) is 3.77. The van der Waals surface area contributed by atoms with Crippen molar-refractivity contribution in [3.05, 3.63) is 117 Å². The Hall–Kier alpha value is -3.22. The number of aromatic nitrogens is 4. The maximum absolute atomic E-state index is 5.12. The summed E-state index contributed by atoms with van der Waals surface area (Å²) in [5.41, 5.74) is 6.46. The van der Waals surface area contributed by atoms with Gasteiger partial charge in [0.05, 0.1) is 11.0 Å². The van der Waals surface area contributed by atoms with Crippen LogP contribution in [0, 0.1) is 0 Å². The van der Waals surface area contributed by atoms with Crippen LogP contribution in [0.2, 0.25) is 0 Å². The van der Waals surface area contributed by atoms with Gasteiger partial charge >= 0.3 is 0 Å². The highest BCUT2D eigenvalue weighted by atomic mass is 79.9. The summed E-state index contributed by atoms with van der Waals surface area (Å²) < 4.78 is 6.49. The van der Waals surface area contributed by atoms with E-state index in [9.17, 15) is 0 Å². The quantitative estimate of drug-likeness (QED) is 0.213. The summed E-state index contributed by atoms with van der Waals surface area (Å²) in [5.74, 6) is 1.70. The second-order valence-electron chi connectivity index (χ2n) is 8.23. The summed E-state index contributed by atoms with van der Waals surface area (Å²) >= 11 is 7.42. The lowest BCUT2D eigenvalue weighted by Gasteiger charge is -2.12. The second-order valence-corrected chi connectivity index (χ2v) is 9.94. The fourth-order valence-corrected chi connectivity index (χ4v) is 5.31. The van der Waals surface area contributed by atoms with Gasteiger partial charge in [0.2, 0.25) is 0 Å². The molecule has 4 aromatic carbocycles. The molecule has 2 heterocycles. The fourth-order valence-electron chi connectivity index (χ4n) is 4.42. The second kappa shape index (κ2) is 8.85. The number of rotatable bonds is 5. The summed E-state index contributed by atoms with van der Waals surface area (Å²) in [7, 11) is 0. The van der Waals surface area contributed by atoms with E-state index in [0.29, 0.717) is 13.1 Å². The molecule has 0 saturated carbocycles. The van der Waals surface area contributed by atoms with Crippen LogP contribution >= 0.6 is 31.9 Å². The predicted octanol–water partition coefficient (Wildman–Crippen LogP) is 7.67. The highest BCUT2D eigenvalue weighted by Gasteiger charge is 2.22. The van der Waals surface area contributed by atoms with Crippen molar-refractivity contribution in [1.29, 1.82) is 0 Å². The van der Waals surface area contributed by atoms with Crippen molar-refractivity contribution >= 4 is 53.9 Å². The number of hydrogen-bond acceptors (Lipinski definition) is 2. The molecular formula is C28H20Br2N4. The van der Waals surface area contributed by atoms with Gasteiger partial charge < -0.3 is 9.13 Å². The molecule has 0 N–H and O–H groups in total. The van der Waals surface area contributed by atoms with E-state index in [1.54, 1.807) is 0 Å². The van der Waals surface area contributed by atoms with Crippen molar-refractivity contribution in [1.82, 2.24) is 19.1 Å². The standard InChI is InChI=1S/C28H20Br2N4/c29-21-13-7-15-23-25(21)31-27(33(23)17-19-9-3-1-4-10-19)28-32-26-22(30)14-8-16-24(26)34(28)18-20-11-5-2-6-12-20/h1-16H,17-18H2. The highest BCUT2D eigenvalue weighted by molar-refractivity contribution is 9.11. The molecule has 0 bridgehead atoms. The smallest absolute Gasteiger partial charge is 0.177 e. The Morgan fingerprint density at radius 3 is 1.32 bits per heavy atom. The predicted molar refractivity (Wildman–Crippen MR) is 145 cm³/mol. The molecule has 34 heavy (non-hydrogen) atoms. The van der Waals surface area contributed by atoms with Gasteiger partial charge in [-0.3, -0.25) is 0 Å². The lowest BCUT2D eigenvalue weighted by molar-refractivity contribution is 0.785. The van der Waals surface area contributed by atoms with Gasteiger partial charge in [0.1, 0.15) is 11.0 Å². The van der Waals surface area contributed by atoms with Crippen LogP contribution in [0.25, 0.3) is 33.7 Å². The maximum atomic E-state index is 5.12. The van der Waals surface area contributed by atoms with Gasteiger partial charge in [0, 0.05) is 22.0 Å². The van der Waals surface area contributed by atoms with Crippen LogP contribution in [-0.2, 0) is 13.1 Å². The molecule has 4 nitrogen and oxygen atoms in total. The van der Waals surface area contributed by atoms with Crippen LogP contribution in [-0.4, -0.2) is 19.1 Å². The van der Waals surface area contributed by atoms with Gasteiger partial charge in [-0.2, -0.15) is 0 Å². The molecule has 0 aliphatic rings. The zero-order valence-corrected chi connectivity index (χ0v) is 21.4. The van der Waals surface area contributed by atoms with Gasteiger partial charge in [0.25, 0.3) is 0 Å². The van der Waals surface area contributed by atoms with E-state index >= 15 is 0 Å². The number of halogens is 2. The van der Waals surface area contributed by atoms with Crippen LogP contribution in [0.15, 0.2) is 106 Å². The zero-order valence-electron chi connectivity index (χ0n) is 18.2. The summed E-state index contributed by atoms with van der Waals surface area (Å²) in [5, 5.41) is 0. The Kier molecular flexibility index (Phi) is 5.55. The van der Waals surface area contributed by atoms with Gasteiger partial charge in [0.15, 0.2) is 11.6 Å². The Balaban J connectivity index is 1.63. The van der Waals surface area contributed by atoms with E-state index in [-0.39, 0.29) is 0 Å². The Bertz CT molecular complexity index is 1500. The van der Waals surface area contributed by atoms with Crippen molar-refractivity contribution < 1.29 is 0 Å². The molecular weight excluding hydrogens is 552 g/mol. The molecule has 0 fully saturated rings. The van der Waals surface area contributed by atoms with Crippen molar-refractivity contribution in [3.8, 4) is 11.6 Å². The maximum Gasteiger partial charge on any atom is 0.177 e. The average Bonchev–Trinajstić information content (AvgIpc) is 3.41. The van der Waals surface area contributed by atoms with Crippen molar-refractivity contribution in [2.45, 2.75) is 13.1 Å². The monoisotopic (exact) mass is 570 g/mol. The molecule has 0 aliphatic carbocycles. The van der Waals surface area contributed by atoms with E-state index in [2.05, 4.69) is 114 Å². The summed E-state index contributed by atoms with van der Waals surface area (Å²) in [6, 6.07) is 33.4. The molecule has 0 atom stereocenters. The van der Waals surface area contributed by atoms with Crippen LogP contribution < -0.4 is 0 Å². The largest absolute Gasteiger partial charge is 0.317 e. The van der Waals surface area contributed by atoms with Crippen molar-refractivity contribution in [2.75, 3.05) is 0 Å². The number of benzene rings is 4. The first-order valence-corrected chi connectivity index (χ1v) is 12.7. The molecule has 6 heteroatoms. The topological polar surface area (TPSA) is 35.6 Å². The van der Waals surface area contributed by atoms with E-state index in [1.165, 1.54) is 11.1 Å². The number of para-hydroxylation sites is 2. The molecule has 0 unspecified atom stereocenters. The molecule has 6 rings (SSSR count). The van der Waals surface area contributed by atoms with Crippen LogP contribution in [0.3, 0.4) is 0 Å². The average molecular weight is 572 g/mol. The van der Waals surface area contributed by atoms with E-state index in [0.717, 1.165) is 42.7 Å². The minimum atomic E-state index is 0.707. The van der Waals surface area contributed by atoms with E-state index < -0.39 is 0 Å². The minimum absolute atomic E-state index is 0.707. The van der Waals surface area contributed by atoms with E-state index in [4.69, 9.17) is 9.97 Å². The van der Waals surface area contributed by atoms with E-state index in [1.807, 2.05) is 24.3 Å². The fraction of sp³-hybridized carbons (Fsp3) is 0.0714. The number of hydrogen-bond donors (Lipinski definition) is 0. The molecule has 0 saturated heterocycles. The van der Waals surface area contributed by atoms with Gasteiger partial charge in [-0.05, 0) is 67.3 Å². The molecule has 166 valence electrons. The zero-order chi connectivity index (χ0) is 23.1. The first kappa shape index (κ1) is 21.3. The molecule has 0 aliphatic heterocycles. The van der Waals surface area contributed by atoms with Crippen molar-refractivity contribution in [3.63, 3.8) is 0 Å². The molecule has 6 aromatic rings. The first-order valence-electron chi connectivity index (χ1n) is 11.1. The van der Waals surface area contributed by atoms with Gasteiger partial charge in [-0.15, -0.1) is 0 Å². The molecule has 0 radical (unpaired) electrons. The molecule has 0 amide bonds. The van der Waals surface area contributed by atoms with Gasteiger partial charge in [-0.1, -0.05) is 72.8 Å². The number of fused-ring (bicyclic) bond motifs is 2. The Labute approximate surface area is 214 Å². The first-order chi connectivity index (χ1) is 16.7. The highest BCUT2D eigenvalue weighted by Crippen LogP contribution is 2.34. The van der Waals surface area contributed by atoms with Gasteiger partial charge in [-0.25, -0.2) is 9.97 Å². The number of nitrogens with zero attached hydrogens (tertiary/aromatic N) is 4. The third-order valence-corrected chi connectivity index (χ3v) is 7.31. The summed E-state index contributed by atoms with van der Waals surface area (Å²) in [6.45, 7) is 1.41. The van der Waals surface area contributed by atoms with Crippen LogP contribution in [0.5, 0.6) is 0 Å². The molecule has 2 aromatic heterocycles. The normalized spacial score (nSPS) is 11.5. The minimum Gasteiger partial charge on any atom is -0.317 e. The lowest BCUT2D eigenvalue weighted by Crippen LogP contribution is -2.08. The van der Waals surface area contributed by atoms with Crippen molar-refractivity contribution in [2.24, 2.45) is 0 Å². The lowest BCUT2D eigenvalue weighted by atomic mass is 10.2. The Morgan fingerprint density at radius 2 is 0.912 bits per heavy atom. The molecule has 0 spiro atoms. The SMILES string of the molecule is Brc1cccc2c1nc(-c1nc3c(Br)cccc3n1Cc1ccccc1)n2Cc1ccccc1.